The Morgan fingerprint density at radius 1 is 1.05 bits per heavy atom. The molecule has 0 aliphatic carbocycles. The maximum absolute atomic E-state index is 5.62. The molecule has 1 aromatic carbocycles. The van der Waals surface area contributed by atoms with Crippen LogP contribution >= 0.6 is 11.3 Å². The van der Waals surface area contributed by atoms with Gasteiger partial charge in [0.05, 0.1) is 38.7 Å². The van der Waals surface area contributed by atoms with Crippen LogP contribution in [-0.4, -0.2) is 79.0 Å². The lowest BCUT2D eigenvalue weighted by Crippen LogP contribution is -2.24. The zero-order valence-corrected chi connectivity index (χ0v) is 24.7. The summed E-state index contributed by atoms with van der Waals surface area (Å²) in [6.45, 7) is 12.3. The monoisotopic (exact) mass is 554 g/mol. The van der Waals surface area contributed by atoms with Gasteiger partial charge in [-0.05, 0) is 37.6 Å². The van der Waals surface area contributed by atoms with Gasteiger partial charge in [0.1, 0.15) is 11.5 Å². The second-order valence-electron chi connectivity index (χ2n) is 10.1. The number of aromatic nitrogens is 5. The zero-order valence-electron chi connectivity index (χ0n) is 23.9. The van der Waals surface area contributed by atoms with Crippen molar-refractivity contribution >= 4 is 28.2 Å². The summed E-state index contributed by atoms with van der Waals surface area (Å²) in [5.41, 5.74) is 2.17. The highest BCUT2D eigenvalue weighted by atomic mass is 32.1. The fraction of sp³-hybridized carbons (Fsp3) is 0.500. The van der Waals surface area contributed by atoms with Crippen LogP contribution in [-0.2, 0) is 14.9 Å². The normalized spacial score (nSPS) is 12.4. The summed E-state index contributed by atoms with van der Waals surface area (Å²) in [5.74, 6) is 1.98. The van der Waals surface area contributed by atoms with Crippen molar-refractivity contribution < 1.29 is 18.9 Å². The average molecular weight is 555 g/mol. The van der Waals surface area contributed by atoms with Crippen molar-refractivity contribution in [3.63, 3.8) is 0 Å². The minimum absolute atomic E-state index is 0.214. The van der Waals surface area contributed by atoms with Crippen molar-refractivity contribution in [2.45, 2.75) is 39.5 Å². The molecule has 210 valence electrons. The number of nitrogens with zero attached hydrogens (tertiary/aromatic N) is 6. The summed E-state index contributed by atoms with van der Waals surface area (Å²) in [6.07, 6.45) is 4.96. The Kier molecular flexibility index (Phi) is 9.36. The Morgan fingerprint density at radius 2 is 1.87 bits per heavy atom. The first kappa shape index (κ1) is 28.7. The van der Waals surface area contributed by atoms with Crippen molar-refractivity contribution in [1.29, 1.82) is 0 Å². The maximum Gasteiger partial charge on any atom is 0.189 e. The molecule has 0 saturated carbocycles. The van der Waals surface area contributed by atoms with E-state index in [1.807, 2.05) is 24.4 Å². The summed E-state index contributed by atoms with van der Waals surface area (Å²) in [6, 6.07) is 5.61. The second-order valence-corrected chi connectivity index (χ2v) is 11.1. The van der Waals surface area contributed by atoms with Gasteiger partial charge in [0.25, 0.3) is 0 Å². The fourth-order valence-corrected chi connectivity index (χ4v) is 5.22. The molecule has 0 aliphatic heterocycles. The molecular formula is C28H38N6O4S. The predicted octanol–water partition coefficient (Wildman–Crippen LogP) is 3.99. The van der Waals surface area contributed by atoms with Crippen LogP contribution in [0.2, 0.25) is 0 Å². The van der Waals surface area contributed by atoms with Gasteiger partial charge in [-0.15, -0.1) is 10.2 Å². The smallest absolute Gasteiger partial charge is 0.189 e. The van der Waals surface area contributed by atoms with E-state index in [-0.39, 0.29) is 5.41 Å². The van der Waals surface area contributed by atoms with Gasteiger partial charge in [-0.3, -0.25) is 0 Å². The Labute approximate surface area is 233 Å². The maximum atomic E-state index is 5.62. The number of fused-ring (bicyclic) bond motifs is 1. The molecule has 0 spiro atoms. The van der Waals surface area contributed by atoms with E-state index in [4.69, 9.17) is 29.0 Å². The molecule has 0 atom stereocenters. The Balaban J connectivity index is 1.68. The van der Waals surface area contributed by atoms with Gasteiger partial charge in [-0.1, -0.05) is 32.1 Å². The molecule has 4 rings (SSSR count). The number of rotatable bonds is 13. The first-order valence-electron chi connectivity index (χ1n) is 13.1. The van der Waals surface area contributed by atoms with Gasteiger partial charge in [0.15, 0.2) is 16.6 Å². The van der Waals surface area contributed by atoms with Crippen molar-refractivity contribution in [2.75, 3.05) is 59.1 Å². The standard InChI is InChI=1S/C28H38N6O4S/c1-8-33(12-9-13-38-15-14-35-5)27-29-18-20(39-27)17-22-24(28(2,3)4)32-34-25(30-31-26(22)34)21-16-19(36-6)10-11-23(21)37-7/h10-11,16-18H,8-9,12-15H2,1-7H3/b22-17-. The topological polar surface area (TPSA) is 96.1 Å². The molecular weight excluding hydrogens is 516 g/mol. The van der Waals surface area contributed by atoms with Crippen LogP contribution < -0.4 is 19.6 Å². The highest BCUT2D eigenvalue weighted by Crippen LogP contribution is 2.33. The van der Waals surface area contributed by atoms with Crippen LogP contribution in [0.25, 0.3) is 23.1 Å². The molecule has 39 heavy (non-hydrogen) atoms. The van der Waals surface area contributed by atoms with Crippen LogP contribution in [0.15, 0.2) is 24.4 Å². The van der Waals surface area contributed by atoms with Gasteiger partial charge in [-0.2, -0.15) is 9.61 Å². The number of hydrogen-bond acceptors (Lipinski definition) is 10. The third-order valence-corrected chi connectivity index (χ3v) is 7.30. The number of hydrogen-bond donors (Lipinski definition) is 0. The third-order valence-electron chi connectivity index (χ3n) is 6.29. The molecule has 10 nitrogen and oxygen atoms in total. The zero-order chi connectivity index (χ0) is 28.0. The van der Waals surface area contributed by atoms with Crippen LogP contribution in [0.5, 0.6) is 11.5 Å². The van der Waals surface area contributed by atoms with E-state index in [0.717, 1.165) is 46.0 Å². The van der Waals surface area contributed by atoms with E-state index in [1.165, 1.54) is 0 Å². The van der Waals surface area contributed by atoms with Crippen LogP contribution in [0, 0.1) is 0 Å². The van der Waals surface area contributed by atoms with Crippen molar-refractivity contribution in [3.05, 3.63) is 40.2 Å². The highest BCUT2D eigenvalue weighted by Gasteiger charge is 2.25. The molecule has 0 saturated heterocycles. The van der Waals surface area contributed by atoms with E-state index in [0.29, 0.717) is 42.8 Å². The predicted molar refractivity (Wildman–Crippen MR) is 154 cm³/mol. The number of benzene rings is 1. The Hall–Kier alpha value is -3.28. The lowest BCUT2D eigenvalue weighted by atomic mass is 9.91. The highest BCUT2D eigenvalue weighted by molar-refractivity contribution is 7.16. The molecule has 0 aliphatic rings. The molecule has 0 N–H and O–H groups in total. The lowest BCUT2D eigenvalue weighted by Gasteiger charge is -2.19. The number of anilines is 1. The van der Waals surface area contributed by atoms with Gasteiger partial charge in [0.2, 0.25) is 0 Å². The lowest BCUT2D eigenvalue weighted by molar-refractivity contribution is 0.0700. The Bertz CT molecular complexity index is 1430. The summed E-state index contributed by atoms with van der Waals surface area (Å²) in [7, 11) is 4.95. The molecule has 0 unspecified atom stereocenters. The van der Waals surface area contributed by atoms with Crippen molar-refractivity contribution in [3.8, 4) is 22.9 Å². The van der Waals surface area contributed by atoms with E-state index in [9.17, 15) is 0 Å². The summed E-state index contributed by atoms with van der Waals surface area (Å²) < 4.78 is 23.5. The summed E-state index contributed by atoms with van der Waals surface area (Å²) in [4.78, 5) is 8.03. The van der Waals surface area contributed by atoms with Crippen molar-refractivity contribution in [2.24, 2.45) is 0 Å². The first-order valence-corrected chi connectivity index (χ1v) is 13.9. The minimum Gasteiger partial charge on any atom is -0.497 e. The van der Waals surface area contributed by atoms with E-state index in [1.54, 1.807) is 37.2 Å². The molecule has 0 bridgehead atoms. The molecule has 0 amide bonds. The fourth-order valence-electron chi connectivity index (χ4n) is 4.27. The van der Waals surface area contributed by atoms with Crippen LogP contribution in [0.3, 0.4) is 0 Å². The number of thiazole rings is 1. The van der Waals surface area contributed by atoms with Gasteiger partial charge >= 0.3 is 0 Å². The van der Waals surface area contributed by atoms with E-state index >= 15 is 0 Å². The van der Waals surface area contributed by atoms with Gasteiger partial charge in [-0.25, -0.2) is 4.98 Å². The van der Waals surface area contributed by atoms with Crippen LogP contribution in [0.1, 0.15) is 44.7 Å². The summed E-state index contributed by atoms with van der Waals surface area (Å²) in [5, 5.41) is 16.0. The SMILES string of the molecule is CCN(CCCOCCOC)c1ncc(/C=c2/c(C(C)(C)C)nn3c(-c4cc(OC)ccc4OC)nnc23)s1. The molecule has 0 fully saturated rings. The number of methoxy groups -OCH3 is 3. The Morgan fingerprint density at radius 3 is 2.56 bits per heavy atom. The largest absolute Gasteiger partial charge is 0.497 e. The average Bonchev–Trinajstić information content (AvgIpc) is 3.64. The van der Waals surface area contributed by atoms with E-state index < -0.39 is 0 Å². The molecule has 4 aromatic rings. The van der Waals surface area contributed by atoms with E-state index in [2.05, 4.69) is 48.9 Å². The van der Waals surface area contributed by atoms with Gasteiger partial charge < -0.3 is 23.8 Å². The molecule has 3 heterocycles. The molecule has 0 radical (unpaired) electrons. The summed E-state index contributed by atoms with van der Waals surface area (Å²) >= 11 is 1.65. The van der Waals surface area contributed by atoms with Crippen LogP contribution in [0.4, 0.5) is 5.13 Å². The minimum atomic E-state index is -0.214. The number of ether oxygens (including phenoxy) is 4. The van der Waals surface area contributed by atoms with Gasteiger partial charge in [0, 0.05) is 48.5 Å². The van der Waals surface area contributed by atoms with Crippen molar-refractivity contribution in [1.82, 2.24) is 24.8 Å². The second kappa shape index (κ2) is 12.7. The quantitative estimate of drug-likeness (QED) is 0.227. The molecule has 11 heteroatoms. The third kappa shape index (κ3) is 6.48. The molecule has 3 aromatic heterocycles. The first-order chi connectivity index (χ1) is 18.8.